The Hall–Kier alpha value is -0.780. The Bertz CT molecular complexity index is 235. The molecule has 0 saturated carbocycles. The number of carbonyl (C=O) groups is 1. The Morgan fingerprint density at radius 3 is 2.31 bits per heavy atom. The summed E-state index contributed by atoms with van der Waals surface area (Å²) in [4.78, 5) is 12.8. The third kappa shape index (κ3) is 4.83. The number of nitrogens with two attached hydrogens (primary N) is 1. The van der Waals surface area contributed by atoms with Gasteiger partial charge in [-0.1, -0.05) is 0 Å². The summed E-state index contributed by atoms with van der Waals surface area (Å²) in [6.07, 6.45) is -3.33. The van der Waals surface area contributed by atoms with Crippen LogP contribution in [0.4, 0.5) is 13.2 Å². The Labute approximate surface area is 92.8 Å². The molecule has 0 aliphatic carbocycles. The normalized spacial score (nSPS) is 19.9. The van der Waals surface area contributed by atoms with Gasteiger partial charge in [-0.15, -0.1) is 0 Å². The third-order valence-corrected chi connectivity index (χ3v) is 2.92. The van der Waals surface area contributed by atoms with Gasteiger partial charge >= 0.3 is 6.18 Å². The zero-order chi connectivity index (χ0) is 12.2. The molecule has 1 heterocycles. The van der Waals surface area contributed by atoms with E-state index < -0.39 is 12.6 Å². The van der Waals surface area contributed by atoms with Gasteiger partial charge in [-0.3, -0.25) is 4.79 Å². The molecule has 0 radical (unpaired) electrons. The monoisotopic (exact) mass is 238 g/mol. The molecule has 0 aromatic rings. The van der Waals surface area contributed by atoms with E-state index in [1.165, 1.54) is 0 Å². The van der Waals surface area contributed by atoms with E-state index in [0.29, 0.717) is 32.5 Å². The molecule has 0 aromatic carbocycles. The molecule has 1 saturated heterocycles. The first-order valence-electron chi connectivity index (χ1n) is 5.47. The molecule has 0 unspecified atom stereocenters. The number of hydrogen-bond acceptors (Lipinski definition) is 2. The number of amides is 1. The van der Waals surface area contributed by atoms with Crippen LogP contribution in [0.3, 0.4) is 0 Å². The van der Waals surface area contributed by atoms with E-state index in [1.807, 2.05) is 4.90 Å². The predicted molar refractivity (Wildman–Crippen MR) is 53.6 cm³/mol. The van der Waals surface area contributed by atoms with Gasteiger partial charge in [-0.25, -0.2) is 0 Å². The lowest BCUT2D eigenvalue weighted by Crippen LogP contribution is -2.39. The average molecular weight is 238 g/mol. The van der Waals surface area contributed by atoms with Gasteiger partial charge in [-0.2, -0.15) is 13.2 Å². The lowest BCUT2D eigenvalue weighted by Gasteiger charge is -2.30. The van der Waals surface area contributed by atoms with Gasteiger partial charge in [0.2, 0.25) is 5.91 Å². The van der Waals surface area contributed by atoms with E-state index in [-0.39, 0.29) is 18.2 Å². The van der Waals surface area contributed by atoms with Crippen LogP contribution >= 0.6 is 0 Å². The molecule has 2 N–H and O–H groups in total. The van der Waals surface area contributed by atoms with Crippen molar-refractivity contribution in [2.75, 3.05) is 19.6 Å². The summed E-state index contributed by atoms with van der Waals surface area (Å²) >= 11 is 0. The first kappa shape index (κ1) is 13.3. The highest BCUT2D eigenvalue weighted by atomic mass is 19.4. The lowest BCUT2D eigenvalue weighted by atomic mass is 9.96. The maximum absolute atomic E-state index is 11.9. The Morgan fingerprint density at radius 1 is 1.31 bits per heavy atom. The Kier molecular flexibility index (Phi) is 4.58. The molecular formula is C10H17F3N2O. The van der Waals surface area contributed by atoms with Gasteiger partial charge < -0.3 is 10.6 Å². The first-order chi connectivity index (χ1) is 7.38. The van der Waals surface area contributed by atoms with E-state index in [9.17, 15) is 18.0 Å². The molecule has 94 valence electrons. The number of carbonyl (C=O) groups excluding carboxylic acids is 1. The van der Waals surface area contributed by atoms with Gasteiger partial charge in [0.05, 0.1) is 0 Å². The maximum atomic E-state index is 11.9. The van der Waals surface area contributed by atoms with Crippen molar-refractivity contribution in [3.63, 3.8) is 0 Å². The van der Waals surface area contributed by atoms with Gasteiger partial charge in [0.25, 0.3) is 0 Å². The second-order valence-corrected chi connectivity index (χ2v) is 4.24. The SMILES string of the molecule is NC(=O)C1CCN(CCCC(F)(F)F)CC1. The summed E-state index contributed by atoms with van der Waals surface area (Å²) < 4.78 is 35.7. The van der Waals surface area contributed by atoms with Crippen LogP contribution in [0.15, 0.2) is 0 Å². The predicted octanol–water partition coefficient (Wildman–Crippen LogP) is 1.53. The maximum Gasteiger partial charge on any atom is 0.389 e. The van der Waals surface area contributed by atoms with Crippen LogP contribution in [0, 0.1) is 5.92 Å². The van der Waals surface area contributed by atoms with E-state index >= 15 is 0 Å². The molecule has 16 heavy (non-hydrogen) atoms. The second-order valence-electron chi connectivity index (χ2n) is 4.24. The zero-order valence-corrected chi connectivity index (χ0v) is 9.09. The summed E-state index contributed by atoms with van der Waals surface area (Å²) in [5, 5.41) is 0. The molecule has 6 heteroatoms. The van der Waals surface area contributed by atoms with Crippen LogP contribution in [0.5, 0.6) is 0 Å². The molecule has 0 bridgehead atoms. The van der Waals surface area contributed by atoms with Gasteiger partial charge in [0.15, 0.2) is 0 Å². The molecule has 1 aliphatic rings. The van der Waals surface area contributed by atoms with Crippen molar-refractivity contribution in [3.8, 4) is 0 Å². The van der Waals surface area contributed by atoms with Crippen LogP contribution in [-0.4, -0.2) is 36.6 Å². The highest BCUT2D eigenvalue weighted by molar-refractivity contribution is 5.76. The standard InChI is InChI=1S/C10H17F3N2O/c11-10(12,13)4-1-5-15-6-2-8(3-7-15)9(14)16/h8H,1-7H2,(H2,14,16). The zero-order valence-electron chi connectivity index (χ0n) is 9.09. The number of piperidine rings is 1. The molecule has 3 nitrogen and oxygen atoms in total. The van der Waals surface area contributed by atoms with Crippen LogP contribution in [-0.2, 0) is 4.79 Å². The number of nitrogens with zero attached hydrogens (tertiary/aromatic N) is 1. The molecule has 1 fully saturated rings. The first-order valence-corrected chi connectivity index (χ1v) is 5.47. The molecule has 1 rings (SSSR count). The molecule has 0 aromatic heterocycles. The van der Waals surface area contributed by atoms with Crippen LogP contribution in [0.2, 0.25) is 0 Å². The molecule has 1 aliphatic heterocycles. The Morgan fingerprint density at radius 2 is 1.88 bits per heavy atom. The summed E-state index contributed by atoms with van der Waals surface area (Å²) in [5.41, 5.74) is 5.16. The van der Waals surface area contributed by atoms with E-state index in [0.717, 1.165) is 0 Å². The lowest BCUT2D eigenvalue weighted by molar-refractivity contribution is -0.136. The minimum Gasteiger partial charge on any atom is -0.369 e. The molecule has 1 amide bonds. The fourth-order valence-electron chi connectivity index (χ4n) is 1.94. The van der Waals surface area contributed by atoms with Crippen molar-refractivity contribution >= 4 is 5.91 Å². The van der Waals surface area contributed by atoms with Crippen molar-refractivity contribution in [1.29, 1.82) is 0 Å². The summed E-state index contributed by atoms with van der Waals surface area (Å²) in [6.45, 7) is 1.79. The highest BCUT2D eigenvalue weighted by Crippen LogP contribution is 2.22. The van der Waals surface area contributed by atoms with E-state index in [1.54, 1.807) is 0 Å². The number of alkyl halides is 3. The number of halogens is 3. The van der Waals surface area contributed by atoms with Crippen LogP contribution in [0.25, 0.3) is 0 Å². The fourth-order valence-corrected chi connectivity index (χ4v) is 1.94. The number of primary amides is 1. The number of likely N-dealkylation sites (tertiary alicyclic amines) is 1. The number of hydrogen-bond donors (Lipinski definition) is 1. The number of rotatable bonds is 4. The van der Waals surface area contributed by atoms with E-state index in [4.69, 9.17) is 5.73 Å². The minimum atomic E-state index is -4.06. The summed E-state index contributed by atoms with van der Waals surface area (Å²) in [5.74, 6) is -0.395. The van der Waals surface area contributed by atoms with Crippen molar-refractivity contribution < 1.29 is 18.0 Å². The van der Waals surface area contributed by atoms with Crippen molar-refractivity contribution in [1.82, 2.24) is 4.90 Å². The Balaban J connectivity index is 2.15. The van der Waals surface area contributed by atoms with Crippen LogP contribution < -0.4 is 5.73 Å². The highest BCUT2D eigenvalue weighted by Gasteiger charge is 2.27. The molecule has 0 atom stereocenters. The summed E-state index contributed by atoms with van der Waals surface area (Å²) in [6, 6.07) is 0. The van der Waals surface area contributed by atoms with Crippen molar-refractivity contribution in [2.45, 2.75) is 31.9 Å². The fraction of sp³-hybridized carbons (Fsp3) is 0.900. The smallest absolute Gasteiger partial charge is 0.369 e. The van der Waals surface area contributed by atoms with Gasteiger partial charge in [0, 0.05) is 12.3 Å². The molecule has 0 spiro atoms. The largest absolute Gasteiger partial charge is 0.389 e. The van der Waals surface area contributed by atoms with Crippen LogP contribution in [0.1, 0.15) is 25.7 Å². The molecular weight excluding hydrogens is 221 g/mol. The topological polar surface area (TPSA) is 46.3 Å². The van der Waals surface area contributed by atoms with Crippen molar-refractivity contribution in [3.05, 3.63) is 0 Å². The van der Waals surface area contributed by atoms with Gasteiger partial charge in [0.1, 0.15) is 0 Å². The summed E-state index contributed by atoms with van der Waals surface area (Å²) in [7, 11) is 0. The minimum absolute atomic E-state index is 0.0983. The van der Waals surface area contributed by atoms with E-state index in [2.05, 4.69) is 0 Å². The van der Waals surface area contributed by atoms with Gasteiger partial charge in [-0.05, 0) is 38.9 Å². The third-order valence-electron chi connectivity index (χ3n) is 2.92. The second kappa shape index (κ2) is 5.52. The average Bonchev–Trinajstić information content (AvgIpc) is 2.16. The van der Waals surface area contributed by atoms with Crippen molar-refractivity contribution in [2.24, 2.45) is 11.7 Å². The quantitative estimate of drug-likeness (QED) is 0.807.